The van der Waals surface area contributed by atoms with E-state index in [2.05, 4.69) is 15.9 Å². The zero-order valence-corrected chi connectivity index (χ0v) is 13.2. The molecule has 7 heteroatoms. The minimum absolute atomic E-state index is 0.0911. The first-order valence-electron chi connectivity index (χ1n) is 6.56. The summed E-state index contributed by atoms with van der Waals surface area (Å²) in [5, 5.41) is 9.01. The predicted octanol–water partition coefficient (Wildman–Crippen LogP) is 2.35. The van der Waals surface area contributed by atoms with Gasteiger partial charge in [0.05, 0.1) is 24.3 Å². The van der Waals surface area contributed by atoms with Gasteiger partial charge >= 0.3 is 5.97 Å². The lowest BCUT2D eigenvalue weighted by Gasteiger charge is -2.26. The third-order valence-electron chi connectivity index (χ3n) is 2.89. The Bertz CT molecular complexity index is 582. The van der Waals surface area contributed by atoms with E-state index in [1.807, 2.05) is 11.0 Å². The van der Waals surface area contributed by atoms with E-state index in [1.54, 1.807) is 13.0 Å². The molecular formula is C14H15BrN2O4. The molecule has 1 aliphatic heterocycles. The first kappa shape index (κ1) is 15.6. The molecule has 0 atom stereocenters. The summed E-state index contributed by atoms with van der Waals surface area (Å²) in [5.74, 6) is 0.444. The number of hydrogen-bond acceptors (Lipinski definition) is 6. The van der Waals surface area contributed by atoms with Crippen molar-refractivity contribution in [1.29, 1.82) is 5.26 Å². The van der Waals surface area contributed by atoms with Gasteiger partial charge in [0, 0.05) is 25.2 Å². The highest BCUT2D eigenvalue weighted by Crippen LogP contribution is 2.31. The predicted molar refractivity (Wildman–Crippen MR) is 79.7 cm³/mol. The highest BCUT2D eigenvalue weighted by atomic mass is 79.9. The Balaban J connectivity index is 2.21. The van der Waals surface area contributed by atoms with Crippen LogP contribution in [0.4, 0.5) is 5.88 Å². The van der Waals surface area contributed by atoms with Crippen LogP contribution in [0.2, 0.25) is 0 Å². The molecule has 1 fully saturated rings. The Morgan fingerprint density at radius 2 is 2.29 bits per heavy atom. The Morgan fingerprint density at radius 3 is 2.90 bits per heavy atom. The molecule has 0 aromatic carbocycles. The molecule has 1 saturated heterocycles. The number of carbonyl (C=O) groups excluding carboxylic acids is 1. The van der Waals surface area contributed by atoms with E-state index in [-0.39, 0.29) is 12.2 Å². The fourth-order valence-corrected chi connectivity index (χ4v) is 2.47. The molecule has 6 nitrogen and oxygen atoms in total. The van der Waals surface area contributed by atoms with Gasteiger partial charge in [0.25, 0.3) is 0 Å². The van der Waals surface area contributed by atoms with Crippen LogP contribution in [0, 0.1) is 11.3 Å². The molecule has 1 aromatic rings. The van der Waals surface area contributed by atoms with Crippen LogP contribution < -0.4 is 4.90 Å². The van der Waals surface area contributed by atoms with Crippen molar-refractivity contribution < 1.29 is 18.7 Å². The van der Waals surface area contributed by atoms with Gasteiger partial charge in [-0.25, -0.2) is 4.79 Å². The summed E-state index contributed by atoms with van der Waals surface area (Å²) >= 11 is 3.43. The molecule has 2 heterocycles. The van der Waals surface area contributed by atoms with Crippen molar-refractivity contribution in [3.63, 3.8) is 0 Å². The number of carbonyl (C=O) groups is 1. The lowest BCUT2D eigenvalue weighted by atomic mass is 10.2. The molecule has 1 aromatic heterocycles. The molecule has 0 saturated carbocycles. The van der Waals surface area contributed by atoms with Crippen molar-refractivity contribution in [1.82, 2.24) is 0 Å². The van der Waals surface area contributed by atoms with Gasteiger partial charge in [0.15, 0.2) is 0 Å². The maximum atomic E-state index is 11.6. The molecule has 0 bridgehead atoms. The van der Waals surface area contributed by atoms with Crippen molar-refractivity contribution in [3.05, 3.63) is 21.9 Å². The van der Waals surface area contributed by atoms with Crippen LogP contribution in [0.5, 0.6) is 0 Å². The lowest BCUT2D eigenvalue weighted by Crippen LogP contribution is -2.36. The number of ether oxygens (including phenoxy) is 2. The monoisotopic (exact) mass is 354 g/mol. The summed E-state index contributed by atoms with van der Waals surface area (Å²) in [6.45, 7) is 4.66. The fourth-order valence-electron chi connectivity index (χ4n) is 1.92. The Kier molecular flexibility index (Phi) is 5.42. The van der Waals surface area contributed by atoms with E-state index >= 15 is 0 Å². The molecule has 1 aliphatic rings. The smallest absolute Gasteiger partial charge is 0.349 e. The number of esters is 1. The summed E-state index contributed by atoms with van der Waals surface area (Å²) < 4.78 is 16.6. The third-order valence-corrected chi connectivity index (χ3v) is 3.46. The summed E-state index contributed by atoms with van der Waals surface area (Å²) in [7, 11) is 0. The van der Waals surface area contributed by atoms with Gasteiger partial charge in [-0.15, -0.1) is 0 Å². The molecule has 0 unspecified atom stereocenters. The number of nitrogens with zero attached hydrogens (tertiary/aromatic N) is 2. The standard InChI is InChI=1S/C14H15BrN2O4/c1-2-20-14(18)10(9-16)7-11-8-12(15)13(21-11)17-3-5-19-6-4-17/h7-8H,2-6H2,1H3/b10-7+. The summed E-state index contributed by atoms with van der Waals surface area (Å²) in [6.07, 6.45) is 1.38. The van der Waals surface area contributed by atoms with Crippen molar-refractivity contribution >= 4 is 33.9 Å². The maximum Gasteiger partial charge on any atom is 0.349 e. The fraction of sp³-hybridized carbons (Fsp3) is 0.429. The molecule has 0 amide bonds. The normalized spacial score (nSPS) is 15.7. The Labute approximate surface area is 131 Å². The van der Waals surface area contributed by atoms with Crippen molar-refractivity contribution in [2.75, 3.05) is 37.8 Å². The molecule has 0 spiro atoms. The van der Waals surface area contributed by atoms with Crippen LogP contribution in [0.1, 0.15) is 12.7 Å². The summed E-state index contributed by atoms with van der Waals surface area (Å²) in [5.41, 5.74) is -0.0911. The van der Waals surface area contributed by atoms with Gasteiger partial charge < -0.3 is 18.8 Å². The average Bonchev–Trinajstić information content (AvgIpc) is 2.86. The van der Waals surface area contributed by atoms with E-state index in [0.29, 0.717) is 24.9 Å². The van der Waals surface area contributed by atoms with Gasteiger partial charge in [-0.1, -0.05) is 0 Å². The number of rotatable bonds is 4. The van der Waals surface area contributed by atoms with Gasteiger partial charge in [-0.3, -0.25) is 0 Å². The third kappa shape index (κ3) is 3.86. The van der Waals surface area contributed by atoms with Gasteiger partial charge in [-0.05, 0) is 22.9 Å². The number of nitriles is 1. The second-order valence-corrected chi connectivity index (χ2v) is 5.15. The lowest BCUT2D eigenvalue weighted by molar-refractivity contribution is -0.137. The Hall–Kier alpha value is -1.78. The van der Waals surface area contributed by atoms with Gasteiger partial charge in [-0.2, -0.15) is 5.26 Å². The second-order valence-electron chi connectivity index (χ2n) is 4.29. The van der Waals surface area contributed by atoms with Crippen molar-refractivity contribution in [2.24, 2.45) is 0 Å². The first-order chi connectivity index (χ1) is 10.2. The van der Waals surface area contributed by atoms with Crippen LogP contribution in [0.25, 0.3) is 6.08 Å². The summed E-state index contributed by atoms with van der Waals surface area (Å²) in [4.78, 5) is 13.6. The van der Waals surface area contributed by atoms with E-state index < -0.39 is 5.97 Å². The first-order valence-corrected chi connectivity index (χ1v) is 7.36. The number of halogens is 1. The van der Waals surface area contributed by atoms with Crippen LogP contribution >= 0.6 is 15.9 Å². The van der Waals surface area contributed by atoms with Crippen LogP contribution in [0.15, 0.2) is 20.5 Å². The molecule has 0 aliphatic carbocycles. The topological polar surface area (TPSA) is 75.7 Å². The van der Waals surface area contributed by atoms with Crippen LogP contribution in [-0.4, -0.2) is 38.9 Å². The number of hydrogen-bond donors (Lipinski definition) is 0. The molecular weight excluding hydrogens is 340 g/mol. The van der Waals surface area contributed by atoms with Crippen LogP contribution in [-0.2, 0) is 14.3 Å². The number of anilines is 1. The van der Waals surface area contributed by atoms with E-state index in [4.69, 9.17) is 19.2 Å². The maximum absolute atomic E-state index is 11.6. The highest BCUT2D eigenvalue weighted by Gasteiger charge is 2.19. The number of furan rings is 1. The molecule has 112 valence electrons. The summed E-state index contributed by atoms with van der Waals surface area (Å²) in [6, 6.07) is 3.54. The minimum atomic E-state index is -0.652. The minimum Gasteiger partial charge on any atom is -0.462 e. The second kappa shape index (κ2) is 7.29. The van der Waals surface area contributed by atoms with E-state index in [0.717, 1.165) is 17.6 Å². The highest BCUT2D eigenvalue weighted by molar-refractivity contribution is 9.10. The quantitative estimate of drug-likeness (QED) is 0.469. The zero-order chi connectivity index (χ0) is 15.2. The van der Waals surface area contributed by atoms with Gasteiger partial charge in [0.1, 0.15) is 17.4 Å². The molecule has 21 heavy (non-hydrogen) atoms. The average molecular weight is 355 g/mol. The molecule has 2 rings (SSSR count). The van der Waals surface area contributed by atoms with Crippen molar-refractivity contribution in [3.8, 4) is 6.07 Å². The van der Waals surface area contributed by atoms with E-state index in [1.165, 1.54) is 6.08 Å². The van der Waals surface area contributed by atoms with E-state index in [9.17, 15) is 4.79 Å². The zero-order valence-electron chi connectivity index (χ0n) is 11.6. The largest absolute Gasteiger partial charge is 0.462 e. The molecule has 0 N–H and O–H groups in total. The van der Waals surface area contributed by atoms with Crippen LogP contribution in [0.3, 0.4) is 0 Å². The van der Waals surface area contributed by atoms with Crippen molar-refractivity contribution in [2.45, 2.75) is 6.92 Å². The Morgan fingerprint density at radius 1 is 1.57 bits per heavy atom. The number of morpholine rings is 1. The molecule has 0 radical (unpaired) electrons. The van der Waals surface area contributed by atoms with Gasteiger partial charge in [0.2, 0.25) is 5.88 Å². The SMILES string of the molecule is CCOC(=O)/C(C#N)=C/c1cc(Br)c(N2CCOCC2)o1.